The zero-order chi connectivity index (χ0) is 18.1. The summed E-state index contributed by atoms with van der Waals surface area (Å²) in [5.41, 5.74) is 5.81. The van der Waals surface area contributed by atoms with Crippen molar-refractivity contribution in [2.75, 3.05) is 0 Å². The predicted molar refractivity (Wildman–Crippen MR) is 111 cm³/mol. The van der Waals surface area contributed by atoms with Crippen LogP contribution in [0.25, 0.3) is 0 Å². The second-order valence-electron chi connectivity index (χ2n) is 9.43. The van der Waals surface area contributed by atoms with E-state index < -0.39 is 8.07 Å². The van der Waals surface area contributed by atoms with E-state index in [1.807, 2.05) is 0 Å². The predicted octanol–water partition coefficient (Wildman–Crippen LogP) is 6.18. The Balaban J connectivity index is 1.64. The van der Waals surface area contributed by atoms with E-state index in [-0.39, 0.29) is 0 Å². The summed E-state index contributed by atoms with van der Waals surface area (Å²) in [7, 11) is -0.939. The maximum atomic E-state index is 5.01. The molecule has 1 aliphatic rings. The Hall–Kier alpha value is -1.41. The van der Waals surface area contributed by atoms with Gasteiger partial charge in [0.1, 0.15) is 0 Å². The lowest BCUT2D eigenvalue weighted by Gasteiger charge is -2.15. The highest BCUT2D eigenvalue weighted by Crippen LogP contribution is 2.55. The van der Waals surface area contributed by atoms with Gasteiger partial charge in [-0.3, -0.25) is 4.98 Å². The van der Waals surface area contributed by atoms with Crippen LogP contribution in [0.2, 0.25) is 25.7 Å². The molecule has 3 rings (SSSR count). The molecule has 0 aliphatic heterocycles. The van der Waals surface area contributed by atoms with Crippen molar-refractivity contribution in [1.82, 2.24) is 4.98 Å². The van der Waals surface area contributed by atoms with Crippen molar-refractivity contribution in [2.45, 2.75) is 70.6 Å². The second-order valence-corrected chi connectivity index (χ2v) is 15.1. The molecule has 1 heterocycles. The van der Waals surface area contributed by atoms with Gasteiger partial charge < -0.3 is 0 Å². The number of rotatable bonds is 7. The maximum absolute atomic E-state index is 5.01. The molecule has 1 aromatic carbocycles. The average Bonchev–Trinajstić information content (AvgIpc) is 3.17. The smallest absolute Gasteiger partial charge is 0.0442 e. The summed E-state index contributed by atoms with van der Waals surface area (Å²) in [6.07, 6.45) is 4.84. The van der Waals surface area contributed by atoms with Gasteiger partial charge in [0.25, 0.3) is 0 Å². The molecule has 1 saturated carbocycles. The van der Waals surface area contributed by atoms with Gasteiger partial charge in [0, 0.05) is 19.5 Å². The molecule has 1 aromatic heterocycles. The van der Waals surface area contributed by atoms with Gasteiger partial charge in [0.2, 0.25) is 0 Å². The Morgan fingerprint density at radius 1 is 1.08 bits per heavy atom. The van der Waals surface area contributed by atoms with Crippen molar-refractivity contribution in [1.29, 1.82) is 0 Å². The van der Waals surface area contributed by atoms with E-state index >= 15 is 0 Å². The van der Waals surface area contributed by atoms with Gasteiger partial charge >= 0.3 is 0 Å². The minimum atomic E-state index is -0.939. The first-order valence-corrected chi connectivity index (χ1v) is 13.5. The molecule has 1 fully saturated rings. The van der Waals surface area contributed by atoms with E-state index in [1.54, 1.807) is 0 Å². The van der Waals surface area contributed by atoms with E-state index in [0.717, 1.165) is 18.8 Å². The topological polar surface area (TPSA) is 12.9 Å². The van der Waals surface area contributed by atoms with Crippen LogP contribution in [0.5, 0.6) is 0 Å². The molecule has 134 valence electrons. The fourth-order valence-corrected chi connectivity index (χ4v) is 5.26. The maximum Gasteiger partial charge on any atom is 0.0442 e. The van der Waals surface area contributed by atoms with Crippen LogP contribution in [0, 0.1) is 12.8 Å². The third-order valence-corrected chi connectivity index (χ3v) is 7.59. The van der Waals surface area contributed by atoms with E-state index in [4.69, 9.17) is 4.98 Å². The normalized spacial score (nSPS) is 22.8. The fraction of sp³-hybridized carbons (Fsp3) is 0.522. The van der Waals surface area contributed by atoms with Gasteiger partial charge in [-0.05, 0) is 60.8 Å². The summed E-state index contributed by atoms with van der Waals surface area (Å²) >= 11 is 0. The van der Waals surface area contributed by atoms with Crippen molar-refractivity contribution < 1.29 is 0 Å². The molecule has 2 aromatic rings. The van der Waals surface area contributed by atoms with Crippen molar-refractivity contribution in [3.8, 4) is 0 Å². The van der Waals surface area contributed by atoms with Crippen molar-refractivity contribution in [2.24, 2.45) is 5.92 Å². The lowest BCUT2D eigenvalue weighted by molar-refractivity contribution is 0.645. The average molecular weight is 352 g/mol. The van der Waals surface area contributed by atoms with Gasteiger partial charge in [-0.25, -0.2) is 0 Å². The van der Waals surface area contributed by atoms with E-state index in [1.165, 1.54) is 41.4 Å². The summed E-state index contributed by atoms with van der Waals surface area (Å²) in [6.45, 7) is 12.0. The SMILES string of the molecule is Cc1cc(CCC[Si](C)(C)C)nc(C[C@@H]2C[C@@]2(C)c2ccccc2)c1. The fourth-order valence-electron chi connectivity index (χ4n) is 4.02. The molecule has 0 saturated heterocycles. The highest BCUT2D eigenvalue weighted by molar-refractivity contribution is 6.76. The summed E-state index contributed by atoms with van der Waals surface area (Å²) in [5, 5.41) is 0. The largest absolute Gasteiger partial charge is 0.258 e. The Kier molecular flexibility index (Phi) is 5.20. The highest BCUT2D eigenvalue weighted by Gasteiger charge is 2.50. The number of pyridine rings is 1. The van der Waals surface area contributed by atoms with Crippen LogP contribution >= 0.6 is 0 Å². The number of aryl methyl sites for hydroxylation is 2. The third-order valence-electron chi connectivity index (χ3n) is 5.74. The standard InChI is InChI=1S/C23H33NSi/c1-18-14-21(12-9-13-25(3,4)5)24-22(15-18)16-20-17-23(20,2)19-10-7-6-8-11-19/h6-8,10-11,14-15,20H,9,12-13,16-17H2,1-5H3/t20-,23+/m1/s1. The summed E-state index contributed by atoms with van der Waals surface area (Å²) in [4.78, 5) is 5.01. The molecule has 0 amide bonds. The zero-order valence-corrected chi connectivity index (χ0v) is 17.6. The Morgan fingerprint density at radius 2 is 1.76 bits per heavy atom. The molecule has 0 radical (unpaired) electrons. The van der Waals surface area contributed by atoms with Gasteiger partial charge in [-0.1, -0.05) is 69.4 Å². The van der Waals surface area contributed by atoms with Gasteiger partial charge in [0.15, 0.2) is 0 Å². The number of hydrogen-bond acceptors (Lipinski definition) is 1. The molecule has 0 unspecified atom stereocenters. The van der Waals surface area contributed by atoms with Crippen molar-refractivity contribution >= 4 is 8.07 Å². The van der Waals surface area contributed by atoms with Crippen LogP contribution in [-0.2, 0) is 18.3 Å². The van der Waals surface area contributed by atoms with Crippen LogP contribution in [0.3, 0.4) is 0 Å². The first kappa shape index (κ1) is 18.4. The molecule has 25 heavy (non-hydrogen) atoms. The van der Waals surface area contributed by atoms with Crippen LogP contribution in [0.4, 0.5) is 0 Å². The molecule has 2 heteroatoms. The van der Waals surface area contributed by atoms with Crippen LogP contribution in [0.15, 0.2) is 42.5 Å². The quantitative estimate of drug-likeness (QED) is 0.543. The number of aromatic nitrogens is 1. The summed E-state index contributed by atoms with van der Waals surface area (Å²) in [6, 6.07) is 17.0. The summed E-state index contributed by atoms with van der Waals surface area (Å²) in [5.74, 6) is 0.735. The number of nitrogens with zero attached hydrogens (tertiary/aromatic N) is 1. The van der Waals surface area contributed by atoms with E-state index in [0.29, 0.717) is 5.41 Å². The molecule has 1 aliphatic carbocycles. The number of hydrogen-bond donors (Lipinski definition) is 0. The monoisotopic (exact) mass is 351 g/mol. The Bertz CT molecular complexity index is 717. The molecule has 0 bridgehead atoms. The lowest BCUT2D eigenvalue weighted by Crippen LogP contribution is -2.19. The van der Waals surface area contributed by atoms with Gasteiger partial charge in [-0.15, -0.1) is 0 Å². The van der Waals surface area contributed by atoms with Crippen LogP contribution in [0.1, 0.15) is 42.3 Å². The van der Waals surface area contributed by atoms with Crippen molar-refractivity contribution in [3.63, 3.8) is 0 Å². The molecule has 1 nitrogen and oxygen atoms in total. The minimum Gasteiger partial charge on any atom is -0.258 e. The first-order chi connectivity index (χ1) is 11.8. The number of benzene rings is 1. The van der Waals surface area contributed by atoms with Crippen LogP contribution in [-0.4, -0.2) is 13.1 Å². The molecule has 0 N–H and O–H groups in total. The highest BCUT2D eigenvalue weighted by atomic mass is 28.3. The minimum absolute atomic E-state index is 0.352. The molecule has 2 atom stereocenters. The van der Waals surface area contributed by atoms with Gasteiger partial charge in [0.05, 0.1) is 0 Å². The molecule has 0 spiro atoms. The molecular formula is C23H33NSi. The zero-order valence-electron chi connectivity index (χ0n) is 16.6. The third kappa shape index (κ3) is 4.82. The van der Waals surface area contributed by atoms with E-state index in [9.17, 15) is 0 Å². The van der Waals surface area contributed by atoms with Crippen LogP contribution < -0.4 is 0 Å². The van der Waals surface area contributed by atoms with E-state index in [2.05, 4.69) is 76.0 Å². The Labute approximate surface area is 154 Å². The van der Waals surface area contributed by atoms with Gasteiger partial charge in [-0.2, -0.15) is 0 Å². The second kappa shape index (κ2) is 7.07. The van der Waals surface area contributed by atoms with Crippen molar-refractivity contribution in [3.05, 3.63) is 65.0 Å². The lowest BCUT2D eigenvalue weighted by atomic mass is 9.94. The first-order valence-electron chi connectivity index (χ1n) is 9.78. The molecular weight excluding hydrogens is 318 g/mol. The Morgan fingerprint density at radius 3 is 2.44 bits per heavy atom. The summed E-state index contributed by atoms with van der Waals surface area (Å²) < 4.78 is 0.